The first-order chi connectivity index (χ1) is 25.4. The molecule has 1 aromatic heterocycles. The van der Waals surface area contributed by atoms with Gasteiger partial charge in [-0.1, -0.05) is 168 Å². The fourth-order valence-corrected chi connectivity index (χ4v) is 10.6. The van der Waals surface area contributed by atoms with E-state index in [4.69, 9.17) is 4.74 Å². The fraction of sp³-hybridized carbons (Fsp3) is 0.200. The predicted octanol–water partition coefficient (Wildman–Crippen LogP) is 12.5. The zero-order valence-corrected chi connectivity index (χ0v) is 31.3. The Labute approximate surface area is 312 Å². The molecule has 0 radical (unpaired) electrons. The minimum absolute atomic E-state index is 0.486. The van der Waals surface area contributed by atoms with Gasteiger partial charge in [0.2, 0.25) is 0 Å². The van der Waals surface area contributed by atoms with E-state index in [-0.39, 0.29) is 0 Å². The van der Waals surface area contributed by atoms with Crippen LogP contribution in [0.15, 0.2) is 146 Å². The van der Waals surface area contributed by atoms with Crippen molar-refractivity contribution in [1.82, 2.24) is 0 Å². The molecule has 0 spiro atoms. The van der Waals surface area contributed by atoms with Gasteiger partial charge in [-0.15, -0.1) is 11.3 Å². The molecule has 1 saturated heterocycles. The first-order valence-corrected chi connectivity index (χ1v) is 19.5. The van der Waals surface area contributed by atoms with Gasteiger partial charge in [-0.25, -0.2) is 0 Å². The van der Waals surface area contributed by atoms with Crippen LogP contribution >= 0.6 is 11.3 Å². The van der Waals surface area contributed by atoms with Crippen molar-refractivity contribution in [1.29, 1.82) is 0 Å². The van der Waals surface area contributed by atoms with Gasteiger partial charge in [-0.3, -0.25) is 0 Å². The highest BCUT2D eigenvalue weighted by Crippen LogP contribution is 2.69. The van der Waals surface area contributed by atoms with E-state index in [1.54, 1.807) is 0 Å². The van der Waals surface area contributed by atoms with Crippen LogP contribution in [0.1, 0.15) is 79.6 Å². The lowest BCUT2D eigenvalue weighted by atomic mass is 9.61. The number of rotatable bonds is 4. The Balaban J connectivity index is 0.000000666. The maximum atomic E-state index is 4.94. The third-order valence-electron chi connectivity index (χ3n) is 11.6. The van der Waals surface area contributed by atoms with E-state index in [0.29, 0.717) is 0 Å². The molecule has 1 nitrogen and oxygen atoms in total. The van der Waals surface area contributed by atoms with Crippen molar-refractivity contribution in [2.24, 2.45) is 0 Å². The van der Waals surface area contributed by atoms with Gasteiger partial charge in [0.1, 0.15) is 0 Å². The van der Waals surface area contributed by atoms with Crippen molar-refractivity contribution < 1.29 is 4.74 Å². The molecule has 52 heavy (non-hydrogen) atoms. The quantitative estimate of drug-likeness (QED) is 0.178. The highest BCUT2D eigenvalue weighted by molar-refractivity contribution is 7.19. The molecule has 2 aliphatic carbocycles. The molecule has 256 valence electrons. The summed E-state index contributed by atoms with van der Waals surface area (Å²) in [6, 6.07) is 55.8. The molecule has 0 N–H and O–H groups in total. The molecule has 0 saturated carbocycles. The number of hydrogen-bond donors (Lipinski definition) is 0. The second-order valence-corrected chi connectivity index (χ2v) is 15.9. The molecule has 0 bridgehead atoms. The number of ether oxygens (including phenoxy) is 1. The predicted molar refractivity (Wildman–Crippen MR) is 218 cm³/mol. The maximum absolute atomic E-state index is 4.94. The fourth-order valence-electron chi connectivity index (χ4n) is 9.07. The minimum atomic E-state index is -0.486. The summed E-state index contributed by atoms with van der Waals surface area (Å²) < 4.78 is 4.94. The van der Waals surface area contributed by atoms with Crippen molar-refractivity contribution in [3.63, 3.8) is 0 Å². The van der Waals surface area contributed by atoms with E-state index >= 15 is 0 Å². The molecule has 7 aromatic rings. The maximum Gasteiger partial charge on any atom is 0.0725 e. The summed E-state index contributed by atoms with van der Waals surface area (Å²) in [7, 11) is 0. The van der Waals surface area contributed by atoms with Crippen LogP contribution in [-0.2, 0) is 15.6 Å². The summed E-state index contributed by atoms with van der Waals surface area (Å²) in [5.74, 6) is 0. The summed E-state index contributed by atoms with van der Waals surface area (Å²) in [6.07, 6.45) is 2.56. The normalized spacial score (nSPS) is 15.6. The van der Waals surface area contributed by atoms with Crippen LogP contribution < -0.4 is 0 Å². The lowest BCUT2D eigenvalue weighted by Crippen LogP contribution is -2.35. The van der Waals surface area contributed by atoms with Crippen LogP contribution in [0.2, 0.25) is 0 Å². The van der Waals surface area contributed by atoms with Gasteiger partial charge in [-0.05, 0) is 96.2 Å². The lowest BCUT2D eigenvalue weighted by Gasteiger charge is -2.39. The monoisotopic (exact) mass is 692 g/mol. The number of aryl methyl sites for hydroxylation is 4. The number of fused-ring (bicyclic) bond motifs is 7. The van der Waals surface area contributed by atoms with Crippen LogP contribution in [0.25, 0.3) is 20.9 Å². The Kier molecular flexibility index (Phi) is 8.14. The van der Waals surface area contributed by atoms with Crippen LogP contribution in [0.4, 0.5) is 0 Å². The Bertz CT molecular complexity index is 2130. The Hall–Kier alpha value is -5.02. The van der Waals surface area contributed by atoms with E-state index < -0.39 is 10.8 Å². The summed E-state index contributed by atoms with van der Waals surface area (Å²) in [5.41, 5.74) is 17.7. The highest BCUT2D eigenvalue weighted by Gasteiger charge is 2.57. The topological polar surface area (TPSA) is 9.23 Å². The summed E-state index contributed by atoms with van der Waals surface area (Å²) in [5, 5.41) is 0. The third kappa shape index (κ3) is 4.85. The van der Waals surface area contributed by atoms with Crippen molar-refractivity contribution in [2.45, 2.75) is 51.4 Å². The summed E-state index contributed by atoms with van der Waals surface area (Å²) in [6.45, 7) is 10.8. The van der Waals surface area contributed by atoms with E-state index in [2.05, 4.69) is 173 Å². The second-order valence-electron chi connectivity index (χ2n) is 14.9. The van der Waals surface area contributed by atoms with Crippen molar-refractivity contribution >= 4 is 11.3 Å². The molecule has 6 aromatic carbocycles. The molecule has 0 amide bonds. The second kappa shape index (κ2) is 12.9. The molecule has 10 rings (SSSR count). The van der Waals surface area contributed by atoms with Gasteiger partial charge in [0.05, 0.1) is 10.8 Å². The zero-order valence-electron chi connectivity index (χ0n) is 30.5. The van der Waals surface area contributed by atoms with Crippen LogP contribution in [0.3, 0.4) is 0 Å². The Morgan fingerprint density at radius 3 is 1.00 bits per heavy atom. The molecular formula is C50H44OS. The molecule has 3 aliphatic rings. The molecule has 2 heterocycles. The van der Waals surface area contributed by atoms with Gasteiger partial charge < -0.3 is 4.74 Å². The summed E-state index contributed by atoms with van der Waals surface area (Å²) in [4.78, 5) is 2.79. The average Bonchev–Trinajstić information content (AvgIpc) is 3.97. The van der Waals surface area contributed by atoms with Crippen molar-refractivity contribution in [3.8, 4) is 20.9 Å². The highest BCUT2D eigenvalue weighted by atomic mass is 32.1. The molecular weight excluding hydrogens is 649 g/mol. The number of thiophene rings is 1. The van der Waals surface area contributed by atoms with Crippen molar-refractivity contribution in [3.05, 3.63) is 212 Å². The van der Waals surface area contributed by atoms with Gasteiger partial charge >= 0.3 is 0 Å². The van der Waals surface area contributed by atoms with Gasteiger partial charge in [0.15, 0.2) is 0 Å². The van der Waals surface area contributed by atoms with Crippen molar-refractivity contribution in [2.75, 3.05) is 13.2 Å². The van der Waals surface area contributed by atoms with Gasteiger partial charge in [0.25, 0.3) is 0 Å². The minimum Gasteiger partial charge on any atom is -0.381 e. The van der Waals surface area contributed by atoms with Crippen LogP contribution in [-0.4, -0.2) is 13.2 Å². The Morgan fingerprint density at radius 1 is 0.404 bits per heavy atom. The first-order valence-electron chi connectivity index (χ1n) is 18.7. The largest absolute Gasteiger partial charge is 0.381 e. The molecule has 0 atom stereocenters. The Morgan fingerprint density at radius 2 is 0.712 bits per heavy atom. The van der Waals surface area contributed by atoms with Crippen LogP contribution in [0.5, 0.6) is 0 Å². The van der Waals surface area contributed by atoms with Gasteiger partial charge in [0, 0.05) is 23.0 Å². The zero-order chi connectivity index (χ0) is 35.5. The third-order valence-corrected chi connectivity index (χ3v) is 12.8. The van der Waals surface area contributed by atoms with Crippen LogP contribution in [0, 0.1) is 27.7 Å². The van der Waals surface area contributed by atoms with E-state index in [1.165, 1.54) is 100 Å². The summed E-state index contributed by atoms with van der Waals surface area (Å²) >= 11 is 1.99. The van der Waals surface area contributed by atoms with E-state index in [0.717, 1.165) is 13.2 Å². The molecule has 1 aliphatic heterocycles. The SMILES string of the molecule is C1CCOC1.Cc1ccc(C2(c3ccc(C)cc3)c3ccccc3-c3sc4c(c32)C(c2ccc(C)cc2)(c2ccc(C)cc2)c2ccccc2-4)cc1. The standard InChI is InChI=1S/C46H36S.C4H8O/c1-29-13-21-33(22-14-29)45(34-23-15-30(2)16-24-34)39-11-7-5-9-37(39)43-41(45)42-44(47-43)38-10-6-8-12-40(38)46(42,35-25-17-31(3)18-26-35)36-27-19-32(4)20-28-36;1-2-4-5-3-1/h5-28H,1-4H3;1-4H2. The first kappa shape index (κ1) is 32.9. The molecule has 1 fully saturated rings. The number of benzene rings is 6. The number of hydrogen-bond acceptors (Lipinski definition) is 2. The van der Waals surface area contributed by atoms with Gasteiger partial charge in [-0.2, -0.15) is 0 Å². The van der Waals surface area contributed by atoms with E-state index in [9.17, 15) is 0 Å². The average molecular weight is 693 g/mol. The lowest BCUT2D eigenvalue weighted by molar-refractivity contribution is 0.198. The van der Waals surface area contributed by atoms with E-state index in [1.807, 2.05) is 11.3 Å². The molecule has 0 unspecified atom stereocenters. The molecule has 2 heteroatoms. The smallest absolute Gasteiger partial charge is 0.0725 e.